The molecule has 0 heterocycles. The van der Waals surface area contributed by atoms with Gasteiger partial charge in [-0.2, -0.15) is 0 Å². The predicted molar refractivity (Wildman–Crippen MR) is 112 cm³/mol. The van der Waals surface area contributed by atoms with E-state index >= 15 is 0 Å². The number of esters is 1. The van der Waals surface area contributed by atoms with Crippen molar-refractivity contribution < 1.29 is 27.5 Å². The molecule has 30 heavy (non-hydrogen) atoms. The van der Waals surface area contributed by atoms with Gasteiger partial charge in [0, 0.05) is 0 Å². The first-order valence-corrected chi connectivity index (χ1v) is 10.9. The number of alkyl carbamates (subject to hydrolysis) is 1. The molecule has 1 atom stereocenters. The van der Waals surface area contributed by atoms with Crippen LogP contribution in [0.3, 0.4) is 0 Å². The number of anilines is 1. The Morgan fingerprint density at radius 3 is 2.23 bits per heavy atom. The quantitative estimate of drug-likeness (QED) is 0.332. The maximum absolute atomic E-state index is 12.5. The van der Waals surface area contributed by atoms with E-state index in [1.807, 2.05) is 6.07 Å². The first-order valence-electron chi connectivity index (χ1n) is 9.30. The summed E-state index contributed by atoms with van der Waals surface area (Å²) in [6.45, 7) is 1.69. The molecule has 162 valence electrons. The van der Waals surface area contributed by atoms with Crippen molar-refractivity contribution in [2.75, 3.05) is 16.8 Å². The summed E-state index contributed by atoms with van der Waals surface area (Å²) in [6, 6.07) is 15.9. The molecule has 10 heteroatoms. The molecule has 0 aliphatic rings. The number of ether oxygens (including phenoxy) is 2. The van der Waals surface area contributed by atoms with Crippen LogP contribution in [0.5, 0.6) is 0 Å². The summed E-state index contributed by atoms with van der Waals surface area (Å²) >= 11 is 0. The summed E-state index contributed by atoms with van der Waals surface area (Å²) in [5.41, 5.74) is 1.05. The van der Waals surface area contributed by atoms with Gasteiger partial charge in [-0.1, -0.05) is 48.5 Å². The number of benzene rings is 2. The minimum Gasteiger partial charge on any atom is -0.464 e. The highest BCUT2D eigenvalue weighted by Crippen LogP contribution is 2.15. The van der Waals surface area contributed by atoms with E-state index in [1.165, 1.54) is 0 Å². The molecule has 2 aromatic carbocycles. The lowest BCUT2D eigenvalue weighted by Gasteiger charge is -2.21. The van der Waals surface area contributed by atoms with Crippen LogP contribution in [0, 0.1) is 0 Å². The second-order valence-electron chi connectivity index (χ2n) is 6.25. The predicted octanol–water partition coefficient (Wildman–Crippen LogP) is 1.94. The zero-order chi connectivity index (χ0) is 22.0. The van der Waals surface area contributed by atoms with Gasteiger partial charge in [0.25, 0.3) is 0 Å². The Hall–Kier alpha value is -3.11. The zero-order valence-corrected chi connectivity index (χ0v) is 17.4. The monoisotopic (exact) mass is 435 g/mol. The van der Waals surface area contributed by atoms with Crippen LogP contribution in [-0.4, -0.2) is 38.9 Å². The first kappa shape index (κ1) is 23.2. The number of para-hydroxylation sites is 1. The first-order chi connectivity index (χ1) is 14.3. The molecule has 0 unspecified atom stereocenters. The van der Waals surface area contributed by atoms with Gasteiger partial charge in [0.2, 0.25) is 10.0 Å². The molecule has 0 aliphatic heterocycles. The average Bonchev–Trinajstić information content (AvgIpc) is 2.76. The maximum Gasteiger partial charge on any atom is 0.408 e. The third kappa shape index (κ3) is 7.05. The summed E-state index contributed by atoms with van der Waals surface area (Å²) in [5, 5.41) is 2.36. The molecule has 0 saturated carbocycles. The molecule has 0 fully saturated rings. The fraction of sp³-hybridized carbons (Fsp3) is 0.300. The number of nitrogens with zero attached hydrogens (tertiary/aromatic N) is 1. The highest BCUT2D eigenvalue weighted by Gasteiger charge is 2.27. The lowest BCUT2D eigenvalue weighted by Crippen LogP contribution is -2.45. The average molecular weight is 436 g/mol. The van der Waals surface area contributed by atoms with Gasteiger partial charge in [0.15, 0.2) is 0 Å². The Kier molecular flexibility index (Phi) is 8.63. The van der Waals surface area contributed by atoms with Gasteiger partial charge in [-0.15, -0.1) is 0 Å². The van der Waals surface area contributed by atoms with E-state index in [0.29, 0.717) is 4.41 Å². The standard InChI is InChI=1S/C20H25N3O6S/c1-2-28-19(24)18(22-20(25)29-15-16-9-5-3-6-10-16)13-14-30(26,27)23(21)17-11-7-4-8-12-17/h3-12,18H,2,13-15,21H2,1H3,(H,22,25)/t18-/m0/s1. The van der Waals surface area contributed by atoms with Gasteiger partial charge in [-0.3, -0.25) is 0 Å². The number of sulfonamides is 1. The molecule has 0 radical (unpaired) electrons. The van der Waals surface area contributed by atoms with Gasteiger partial charge in [0.05, 0.1) is 18.0 Å². The molecule has 0 aromatic heterocycles. The van der Waals surface area contributed by atoms with E-state index in [1.54, 1.807) is 61.5 Å². The molecule has 2 aromatic rings. The molecule has 1 amide bonds. The van der Waals surface area contributed by atoms with Crippen LogP contribution in [-0.2, 0) is 30.9 Å². The third-order valence-corrected chi connectivity index (χ3v) is 5.61. The molecule has 0 spiro atoms. The summed E-state index contributed by atoms with van der Waals surface area (Å²) < 4.78 is 35.7. The van der Waals surface area contributed by atoms with Gasteiger partial charge < -0.3 is 14.8 Å². The van der Waals surface area contributed by atoms with Crippen molar-refractivity contribution in [3.05, 3.63) is 66.2 Å². The van der Waals surface area contributed by atoms with E-state index in [9.17, 15) is 18.0 Å². The number of hydrogen-bond acceptors (Lipinski definition) is 7. The zero-order valence-electron chi connectivity index (χ0n) is 16.6. The van der Waals surface area contributed by atoms with E-state index < -0.39 is 33.9 Å². The van der Waals surface area contributed by atoms with Crippen molar-refractivity contribution in [3.8, 4) is 0 Å². The summed E-state index contributed by atoms with van der Waals surface area (Å²) in [5.74, 6) is 4.48. The number of amides is 1. The van der Waals surface area contributed by atoms with Crippen molar-refractivity contribution in [1.82, 2.24) is 5.32 Å². The Labute approximate surface area is 175 Å². The Morgan fingerprint density at radius 2 is 1.63 bits per heavy atom. The lowest BCUT2D eigenvalue weighted by molar-refractivity contribution is -0.145. The van der Waals surface area contributed by atoms with Gasteiger partial charge in [-0.25, -0.2) is 28.3 Å². The Balaban J connectivity index is 1.98. The highest BCUT2D eigenvalue weighted by molar-refractivity contribution is 7.92. The third-order valence-electron chi connectivity index (χ3n) is 4.05. The Morgan fingerprint density at radius 1 is 1.03 bits per heavy atom. The van der Waals surface area contributed by atoms with E-state index in [4.69, 9.17) is 15.3 Å². The second kappa shape index (κ2) is 11.2. The number of carbonyl (C=O) groups is 2. The fourth-order valence-electron chi connectivity index (χ4n) is 2.50. The Bertz CT molecular complexity index is 922. The van der Waals surface area contributed by atoms with E-state index in [0.717, 1.165) is 5.56 Å². The van der Waals surface area contributed by atoms with Crippen molar-refractivity contribution in [2.24, 2.45) is 5.84 Å². The number of hydrogen-bond donors (Lipinski definition) is 2. The van der Waals surface area contributed by atoms with Crippen LogP contribution in [0.25, 0.3) is 0 Å². The van der Waals surface area contributed by atoms with E-state index in [2.05, 4.69) is 5.32 Å². The maximum atomic E-state index is 12.5. The second-order valence-corrected chi connectivity index (χ2v) is 8.21. The SMILES string of the molecule is CCOC(=O)[C@H](CCS(=O)(=O)N(N)c1ccccc1)NC(=O)OCc1ccccc1. The molecular weight excluding hydrogens is 410 g/mol. The van der Waals surface area contributed by atoms with Crippen LogP contribution >= 0.6 is 0 Å². The van der Waals surface area contributed by atoms with Crippen molar-refractivity contribution in [2.45, 2.75) is 26.0 Å². The smallest absolute Gasteiger partial charge is 0.408 e. The summed E-state index contributed by atoms with van der Waals surface area (Å²) in [6.07, 6.45) is -1.09. The van der Waals surface area contributed by atoms with Gasteiger partial charge in [-0.05, 0) is 31.0 Å². The van der Waals surface area contributed by atoms with Crippen LogP contribution in [0.1, 0.15) is 18.9 Å². The largest absolute Gasteiger partial charge is 0.464 e. The van der Waals surface area contributed by atoms with E-state index in [-0.39, 0.29) is 25.3 Å². The highest BCUT2D eigenvalue weighted by atomic mass is 32.2. The molecule has 0 bridgehead atoms. The molecule has 2 rings (SSSR count). The number of hydrazine groups is 1. The molecular formula is C20H25N3O6S. The summed E-state index contributed by atoms with van der Waals surface area (Å²) in [7, 11) is -3.94. The minimum atomic E-state index is -3.94. The van der Waals surface area contributed by atoms with Crippen LogP contribution in [0.4, 0.5) is 10.5 Å². The number of nitrogens with one attached hydrogen (secondary N) is 1. The topological polar surface area (TPSA) is 128 Å². The van der Waals surface area contributed by atoms with Crippen LogP contribution < -0.4 is 15.6 Å². The summed E-state index contributed by atoms with van der Waals surface area (Å²) in [4.78, 5) is 24.3. The van der Waals surface area contributed by atoms with Crippen LogP contribution in [0.15, 0.2) is 60.7 Å². The fourth-order valence-corrected chi connectivity index (χ4v) is 3.67. The normalized spacial score (nSPS) is 11.9. The van der Waals surface area contributed by atoms with Crippen molar-refractivity contribution >= 4 is 27.8 Å². The molecule has 0 saturated heterocycles. The molecule has 0 aliphatic carbocycles. The number of rotatable bonds is 10. The minimum absolute atomic E-state index is 0.00506. The lowest BCUT2D eigenvalue weighted by atomic mass is 10.2. The van der Waals surface area contributed by atoms with Crippen LogP contribution in [0.2, 0.25) is 0 Å². The van der Waals surface area contributed by atoms with Gasteiger partial charge in [0.1, 0.15) is 12.6 Å². The molecule has 9 nitrogen and oxygen atoms in total. The van der Waals surface area contributed by atoms with Gasteiger partial charge >= 0.3 is 12.1 Å². The van der Waals surface area contributed by atoms with Crippen molar-refractivity contribution in [3.63, 3.8) is 0 Å². The number of carbonyl (C=O) groups excluding carboxylic acids is 2. The molecule has 3 N–H and O–H groups in total. The number of nitrogens with two attached hydrogens (primary N) is 1. The van der Waals surface area contributed by atoms with Crippen molar-refractivity contribution in [1.29, 1.82) is 0 Å².